The molecule has 0 heterocycles. The van der Waals surface area contributed by atoms with Crippen molar-refractivity contribution in [1.29, 1.82) is 0 Å². The van der Waals surface area contributed by atoms with Gasteiger partial charge in [-0.1, -0.05) is 19.1 Å². The van der Waals surface area contributed by atoms with Crippen LogP contribution in [-0.2, 0) is 6.42 Å². The summed E-state index contributed by atoms with van der Waals surface area (Å²) in [5, 5.41) is 0. The highest BCUT2D eigenvalue weighted by Gasteiger charge is 2.08. The first-order valence-corrected chi connectivity index (χ1v) is 6.25. The maximum absolute atomic E-state index is 5.75. The number of rotatable bonds is 7. The third-order valence-electron chi connectivity index (χ3n) is 3.03. The number of aryl methyl sites for hydroxylation is 1. The number of nitrogens with two attached hydrogens (primary N) is 1. The molecular formula is C14H24N2O. The molecule has 1 rings (SSSR count). The molecule has 0 fully saturated rings. The highest BCUT2D eigenvalue weighted by molar-refractivity contribution is 5.28. The van der Waals surface area contributed by atoms with Gasteiger partial charge >= 0.3 is 0 Å². The summed E-state index contributed by atoms with van der Waals surface area (Å²) < 4.78 is 5.75. The van der Waals surface area contributed by atoms with Crippen molar-refractivity contribution in [3.05, 3.63) is 29.8 Å². The maximum atomic E-state index is 5.75. The van der Waals surface area contributed by atoms with Crippen molar-refractivity contribution in [2.24, 2.45) is 5.73 Å². The molecule has 0 spiro atoms. The van der Waals surface area contributed by atoms with Gasteiger partial charge in [-0.3, -0.25) is 0 Å². The van der Waals surface area contributed by atoms with Crippen molar-refractivity contribution in [3.63, 3.8) is 0 Å². The van der Waals surface area contributed by atoms with Gasteiger partial charge in [-0.15, -0.1) is 0 Å². The van der Waals surface area contributed by atoms with Crippen LogP contribution in [-0.4, -0.2) is 38.2 Å². The fraction of sp³-hybridized carbons (Fsp3) is 0.571. The van der Waals surface area contributed by atoms with Gasteiger partial charge in [-0.25, -0.2) is 0 Å². The van der Waals surface area contributed by atoms with Crippen molar-refractivity contribution >= 4 is 0 Å². The van der Waals surface area contributed by atoms with Crippen LogP contribution in [0, 0.1) is 0 Å². The van der Waals surface area contributed by atoms with Gasteiger partial charge in [0.1, 0.15) is 5.75 Å². The van der Waals surface area contributed by atoms with E-state index in [9.17, 15) is 0 Å². The fourth-order valence-corrected chi connectivity index (χ4v) is 1.75. The monoisotopic (exact) mass is 236 g/mol. The highest BCUT2D eigenvalue weighted by atomic mass is 16.5. The van der Waals surface area contributed by atoms with Crippen molar-refractivity contribution in [2.75, 3.05) is 27.2 Å². The quantitative estimate of drug-likeness (QED) is 0.786. The number of likely N-dealkylation sites (N-methyl/N-ethyl adjacent to an activating group) is 1. The molecule has 96 valence electrons. The van der Waals surface area contributed by atoms with E-state index in [4.69, 9.17) is 10.5 Å². The van der Waals surface area contributed by atoms with Gasteiger partial charge in [0.2, 0.25) is 0 Å². The third-order valence-corrected chi connectivity index (χ3v) is 3.03. The van der Waals surface area contributed by atoms with Crippen LogP contribution in [0.2, 0.25) is 0 Å². The molecule has 0 aromatic heterocycles. The first-order valence-electron chi connectivity index (χ1n) is 6.25. The molecule has 0 aliphatic rings. The minimum Gasteiger partial charge on any atom is -0.494 e. The van der Waals surface area contributed by atoms with Crippen LogP contribution in [0.1, 0.15) is 18.9 Å². The largest absolute Gasteiger partial charge is 0.494 e. The Morgan fingerprint density at radius 1 is 1.35 bits per heavy atom. The zero-order valence-corrected chi connectivity index (χ0v) is 11.1. The van der Waals surface area contributed by atoms with Crippen LogP contribution in [0.4, 0.5) is 0 Å². The van der Waals surface area contributed by atoms with Gasteiger partial charge in [-0.2, -0.15) is 0 Å². The lowest BCUT2D eigenvalue weighted by Gasteiger charge is -2.22. The second-order valence-electron chi connectivity index (χ2n) is 4.49. The summed E-state index contributed by atoms with van der Waals surface area (Å²) in [5.41, 5.74) is 7.01. The summed E-state index contributed by atoms with van der Waals surface area (Å²) in [6.07, 6.45) is 2.00. The lowest BCUT2D eigenvalue weighted by atomic mass is 10.1. The van der Waals surface area contributed by atoms with Crippen LogP contribution < -0.4 is 10.5 Å². The molecule has 1 unspecified atom stereocenters. The summed E-state index contributed by atoms with van der Waals surface area (Å²) >= 11 is 0. The van der Waals surface area contributed by atoms with Crippen LogP contribution in [0.5, 0.6) is 5.75 Å². The lowest BCUT2D eigenvalue weighted by molar-refractivity contribution is 0.225. The molecule has 2 N–H and O–H groups in total. The Balaban J connectivity index is 2.39. The zero-order valence-electron chi connectivity index (χ0n) is 11.1. The molecule has 0 radical (unpaired) electrons. The predicted molar refractivity (Wildman–Crippen MR) is 72.5 cm³/mol. The Bertz CT molecular complexity index is 326. The Morgan fingerprint density at radius 2 is 2.12 bits per heavy atom. The normalized spacial score (nSPS) is 12.8. The number of benzene rings is 1. The molecule has 0 saturated heterocycles. The van der Waals surface area contributed by atoms with E-state index in [0.717, 1.165) is 18.6 Å². The summed E-state index contributed by atoms with van der Waals surface area (Å²) in [7, 11) is 4.10. The van der Waals surface area contributed by atoms with E-state index in [1.807, 2.05) is 12.1 Å². The van der Waals surface area contributed by atoms with Crippen molar-refractivity contribution < 1.29 is 4.74 Å². The molecule has 1 aromatic carbocycles. The molecule has 0 saturated carbocycles. The van der Waals surface area contributed by atoms with Gasteiger partial charge in [0.15, 0.2) is 0 Å². The van der Waals surface area contributed by atoms with E-state index in [-0.39, 0.29) is 0 Å². The van der Waals surface area contributed by atoms with Gasteiger partial charge in [0.05, 0.1) is 6.61 Å². The fourth-order valence-electron chi connectivity index (χ4n) is 1.75. The van der Waals surface area contributed by atoms with Crippen molar-refractivity contribution in [3.8, 4) is 5.75 Å². The molecule has 1 atom stereocenters. The predicted octanol–water partition coefficient (Wildman–Crippen LogP) is 1.91. The first kappa shape index (κ1) is 14.0. The topological polar surface area (TPSA) is 38.5 Å². The van der Waals surface area contributed by atoms with Crippen molar-refractivity contribution in [2.45, 2.75) is 25.8 Å². The molecule has 17 heavy (non-hydrogen) atoms. The number of hydrogen-bond acceptors (Lipinski definition) is 3. The van der Waals surface area contributed by atoms with Gasteiger partial charge < -0.3 is 15.4 Å². The summed E-state index contributed by atoms with van der Waals surface area (Å²) in [5.74, 6) is 0.957. The molecule has 0 amide bonds. The standard InChI is InChI=1S/C14H24N2O/c1-4-12-6-5-7-14(10-12)17-9-8-13(11-15)16(2)3/h5-7,10,13H,4,8-9,11,15H2,1-3H3. The van der Waals surface area contributed by atoms with Crippen molar-refractivity contribution in [1.82, 2.24) is 4.90 Å². The first-order chi connectivity index (χ1) is 8.17. The van der Waals surface area contributed by atoms with E-state index in [0.29, 0.717) is 19.2 Å². The second-order valence-corrected chi connectivity index (χ2v) is 4.49. The minimum absolute atomic E-state index is 0.393. The summed E-state index contributed by atoms with van der Waals surface area (Å²) in [6, 6.07) is 8.67. The molecule has 0 aliphatic heterocycles. The van der Waals surface area contributed by atoms with Crippen LogP contribution in [0.3, 0.4) is 0 Å². The highest BCUT2D eigenvalue weighted by Crippen LogP contribution is 2.14. The minimum atomic E-state index is 0.393. The van der Waals surface area contributed by atoms with E-state index < -0.39 is 0 Å². The van der Waals surface area contributed by atoms with E-state index in [2.05, 4.69) is 38.1 Å². The molecule has 1 aromatic rings. The Hall–Kier alpha value is -1.06. The van der Waals surface area contributed by atoms with E-state index >= 15 is 0 Å². The lowest BCUT2D eigenvalue weighted by Crippen LogP contribution is -2.36. The van der Waals surface area contributed by atoms with Crippen LogP contribution >= 0.6 is 0 Å². The third kappa shape index (κ3) is 4.75. The van der Waals surface area contributed by atoms with Gasteiger partial charge in [0, 0.05) is 12.6 Å². The van der Waals surface area contributed by atoms with Crippen LogP contribution in [0.15, 0.2) is 24.3 Å². The molecule has 3 heteroatoms. The molecule has 0 aliphatic carbocycles. The molecule has 0 bridgehead atoms. The van der Waals surface area contributed by atoms with Crippen LogP contribution in [0.25, 0.3) is 0 Å². The maximum Gasteiger partial charge on any atom is 0.119 e. The number of nitrogens with zero attached hydrogens (tertiary/aromatic N) is 1. The zero-order chi connectivity index (χ0) is 12.7. The Kier molecular flexibility index (Phi) is 6.01. The van der Waals surface area contributed by atoms with Gasteiger partial charge in [-0.05, 0) is 44.6 Å². The Morgan fingerprint density at radius 3 is 2.71 bits per heavy atom. The smallest absolute Gasteiger partial charge is 0.119 e. The van der Waals surface area contributed by atoms with E-state index in [1.165, 1.54) is 5.56 Å². The average Bonchev–Trinajstić information content (AvgIpc) is 2.34. The summed E-state index contributed by atoms with van der Waals surface area (Å²) in [4.78, 5) is 2.14. The average molecular weight is 236 g/mol. The second kappa shape index (κ2) is 7.30. The Labute approximate surface area is 105 Å². The number of ether oxygens (including phenoxy) is 1. The van der Waals surface area contributed by atoms with Gasteiger partial charge in [0.25, 0.3) is 0 Å². The SMILES string of the molecule is CCc1cccc(OCCC(CN)N(C)C)c1. The molecular weight excluding hydrogens is 212 g/mol. The molecule has 3 nitrogen and oxygen atoms in total. The summed E-state index contributed by atoms with van der Waals surface area (Å²) in [6.45, 7) is 3.54. The number of hydrogen-bond donors (Lipinski definition) is 1. The van der Waals surface area contributed by atoms with E-state index in [1.54, 1.807) is 0 Å².